The highest BCUT2D eigenvalue weighted by Gasteiger charge is 2.40. The summed E-state index contributed by atoms with van der Waals surface area (Å²) in [5.41, 5.74) is -0.812. The summed E-state index contributed by atoms with van der Waals surface area (Å²) in [5, 5.41) is 12.5. The van der Waals surface area contributed by atoms with Gasteiger partial charge in [0.05, 0.1) is 5.41 Å². The zero-order valence-electron chi connectivity index (χ0n) is 13.0. The van der Waals surface area contributed by atoms with Crippen molar-refractivity contribution >= 4 is 11.9 Å². The molecule has 1 amide bonds. The maximum Gasteiger partial charge on any atom is 0.310 e. The highest BCUT2D eigenvalue weighted by molar-refractivity contribution is 5.85. The third kappa shape index (κ3) is 4.72. The molecule has 0 unspecified atom stereocenters. The van der Waals surface area contributed by atoms with E-state index < -0.39 is 11.4 Å². The van der Waals surface area contributed by atoms with E-state index in [0.717, 1.165) is 38.0 Å². The molecule has 0 spiro atoms. The van der Waals surface area contributed by atoms with Gasteiger partial charge in [-0.3, -0.25) is 9.59 Å². The maximum absolute atomic E-state index is 12.1. The van der Waals surface area contributed by atoms with Gasteiger partial charge in [-0.2, -0.15) is 0 Å². The molecule has 0 saturated heterocycles. The van der Waals surface area contributed by atoms with E-state index in [0.29, 0.717) is 19.4 Å². The lowest BCUT2D eigenvalue weighted by Crippen LogP contribution is -2.38. The number of hydrogen-bond acceptors (Lipinski definition) is 2. The van der Waals surface area contributed by atoms with Crippen molar-refractivity contribution in [1.82, 2.24) is 5.32 Å². The molecule has 4 heteroatoms. The van der Waals surface area contributed by atoms with Crippen molar-refractivity contribution in [3.63, 3.8) is 0 Å². The largest absolute Gasteiger partial charge is 0.481 e. The summed E-state index contributed by atoms with van der Waals surface area (Å²) in [6, 6.07) is 0. The van der Waals surface area contributed by atoms with E-state index in [1.165, 1.54) is 25.7 Å². The first-order valence-corrected chi connectivity index (χ1v) is 8.62. The van der Waals surface area contributed by atoms with Crippen molar-refractivity contribution in [1.29, 1.82) is 0 Å². The van der Waals surface area contributed by atoms with Crippen LogP contribution >= 0.6 is 0 Å². The van der Waals surface area contributed by atoms with Gasteiger partial charge >= 0.3 is 5.97 Å². The molecule has 0 radical (unpaired) electrons. The minimum atomic E-state index is -0.812. The quantitative estimate of drug-likeness (QED) is 0.737. The molecule has 0 aromatic carbocycles. The van der Waals surface area contributed by atoms with Crippen LogP contribution in [0, 0.1) is 11.3 Å². The Morgan fingerprint density at radius 3 is 2.19 bits per heavy atom. The molecule has 2 fully saturated rings. The highest BCUT2D eigenvalue weighted by Crippen LogP contribution is 2.38. The molecule has 120 valence electrons. The van der Waals surface area contributed by atoms with Gasteiger partial charge in [-0.15, -0.1) is 0 Å². The molecule has 2 rings (SSSR count). The van der Waals surface area contributed by atoms with Gasteiger partial charge in [0.15, 0.2) is 0 Å². The Morgan fingerprint density at radius 1 is 1.00 bits per heavy atom. The lowest BCUT2D eigenvalue weighted by atomic mass is 9.77. The van der Waals surface area contributed by atoms with Crippen LogP contribution in [0.1, 0.15) is 77.0 Å². The standard InChI is InChI=1S/C17H29NO3/c19-15(18-12-9-14-7-3-4-8-14)13-17(16(20)21)10-5-1-2-6-11-17/h14H,1-13H2,(H,18,19)(H,20,21). The number of carbonyl (C=O) groups is 2. The molecule has 0 aromatic heterocycles. The van der Waals surface area contributed by atoms with Gasteiger partial charge in [0.1, 0.15) is 0 Å². The van der Waals surface area contributed by atoms with Gasteiger partial charge in [0.25, 0.3) is 0 Å². The Bertz CT molecular complexity index is 353. The average Bonchev–Trinajstić information content (AvgIpc) is 2.84. The normalized spacial score (nSPS) is 22.7. The summed E-state index contributed by atoms with van der Waals surface area (Å²) in [4.78, 5) is 23.8. The molecule has 2 N–H and O–H groups in total. The van der Waals surface area contributed by atoms with E-state index in [1.54, 1.807) is 0 Å². The zero-order chi connectivity index (χ0) is 15.1. The third-order valence-electron chi connectivity index (χ3n) is 5.36. The number of hydrogen-bond donors (Lipinski definition) is 2. The summed E-state index contributed by atoms with van der Waals surface area (Å²) in [7, 11) is 0. The van der Waals surface area contributed by atoms with Crippen LogP contribution in [0.3, 0.4) is 0 Å². The van der Waals surface area contributed by atoms with Crippen molar-refractivity contribution in [3.8, 4) is 0 Å². The molecule has 2 aliphatic rings. The van der Waals surface area contributed by atoms with Crippen LogP contribution in [0.2, 0.25) is 0 Å². The molecule has 2 aliphatic carbocycles. The fourth-order valence-corrected chi connectivity index (χ4v) is 3.96. The van der Waals surface area contributed by atoms with Crippen LogP contribution in [0.15, 0.2) is 0 Å². The first kappa shape index (κ1) is 16.3. The Balaban J connectivity index is 1.78. The molecule has 0 heterocycles. The van der Waals surface area contributed by atoms with E-state index >= 15 is 0 Å². The van der Waals surface area contributed by atoms with E-state index in [1.807, 2.05) is 0 Å². The van der Waals surface area contributed by atoms with Crippen LogP contribution < -0.4 is 5.32 Å². The second-order valence-electron chi connectivity index (χ2n) is 6.97. The van der Waals surface area contributed by atoms with Crippen molar-refractivity contribution in [2.45, 2.75) is 77.0 Å². The highest BCUT2D eigenvalue weighted by atomic mass is 16.4. The van der Waals surface area contributed by atoms with E-state index in [-0.39, 0.29) is 12.3 Å². The number of carboxylic acid groups (broad SMARTS) is 1. The Hall–Kier alpha value is -1.06. The minimum absolute atomic E-state index is 0.0719. The number of carbonyl (C=O) groups excluding carboxylic acids is 1. The predicted octanol–water partition coefficient (Wildman–Crippen LogP) is 3.50. The molecular formula is C17H29NO3. The summed E-state index contributed by atoms with van der Waals surface area (Å²) in [5.74, 6) is -0.0933. The van der Waals surface area contributed by atoms with Crippen LogP contribution in [-0.4, -0.2) is 23.5 Å². The van der Waals surface area contributed by atoms with E-state index in [4.69, 9.17) is 0 Å². The number of amides is 1. The van der Waals surface area contributed by atoms with Gasteiger partial charge in [-0.05, 0) is 25.2 Å². The smallest absolute Gasteiger partial charge is 0.310 e. The van der Waals surface area contributed by atoms with E-state index in [2.05, 4.69) is 5.32 Å². The second-order valence-corrected chi connectivity index (χ2v) is 6.97. The molecule has 0 aromatic rings. The molecular weight excluding hydrogens is 266 g/mol. The van der Waals surface area contributed by atoms with Crippen molar-refractivity contribution in [3.05, 3.63) is 0 Å². The first-order chi connectivity index (χ1) is 10.1. The third-order valence-corrected chi connectivity index (χ3v) is 5.36. The average molecular weight is 295 g/mol. The van der Waals surface area contributed by atoms with Crippen molar-refractivity contribution in [2.75, 3.05) is 6.54 Å². The van der Waals surface area contributed by atoms with Gasteiger partial charge < -0.3 is 10.4 Å². The Labute approximate surface area is 127 Å². The summed E-state index contributed by atoms with van der Waals surface area (Å²) in [6.45, 7) is 0.708. The summed E-state index contributed by atoms with van der Waals surface area (Å²) >= 11 is 0. The van der Waals surface area contributed by atoms with Crippen molar-refractivity contribution < 1.29 is 14.7 Å². The van der Waals surface area contributed by atoms with E-state index in [9.17, 15) is 14.7 Å². The number of nitrogens with one attached hydrogen (secondary N) is 1. The number of rotatable bonds is 6. The summed E-state index contributed by atoms with van der Waals surface area (Å²) < 4.78 is 0. The number of aliphatic carboxylic acids is 1. The number of carboxylic acids is 1. The predicted molar refractivity (Wildman–Crippen MR) is 82.0 cm³/mol. The molecule has 0 aliphatic heterocycles. The van der Waals surface area contributed by atoms with Gasteiger partial charge in [0, 0.05) is 13.0 Å². The molecule has 21 heavy (non-hydrogen) atoms. The summed E-state index contributed by atoms with van der Waals surface area (Å²) in [6.07, 6.45) is 11.8. The van der Waals surface area contributed by atoms with Gasteiger partial charge in [0.2, 0.25) is 5.91 Å². The Morgan fingerprint density at radius 2 is 1.62 bits per heavy atom. The lowest BCUT2D eigenvalue weighted by Gasteiger charge is -2.27. The second kappa shape index (κ2) is 7.81. The topological polar surface area (TPSA) is 66.4 Å². The van der Waals surface area contributed by atoms with Gasteiger partial charge in [-0.25, -0.2) is 0 Å². The van der Waals surface area contributed by atoms with Gasteiger partial charge in [-0.1, -0.05) is 51.4 Å². The lowest BCUT2D eigenvalue weighted by molar-refractivity contribution is -0.152. The monoisotopic (exact) mass is 295 g/mol. The molecule has 0 atom stereocenters. The fraction of sp³-hybridized carbons (Fsp3) is 0.882. The SMILES string of the molecule is O=C(CC1(C(=O)O)CCCCCC1)NCCC1CCCC1. The van der Waals surface area contributed by atoms with Crippen molar-refractivity contribution in [2.24, 2.45) is 11.3 Å². The zero-order valence-corrected chi connectivity index (χ0v) is 13.0. The maximum atomic E-state index is 12.1. The minimum Gasteiger partial charge on any atom is -0.481 e. The van der Waals surface area contributed by atoms with Crippen LogP contribution in [0.5, 0.6) is 0 Å². The van der Waals surface area contributed by atoms with Crippen LogP contribution in [-0.2, 0) is 9.59 Å². The van der Waals surface area contributed by atoms with Crippen LogP contribution in [0.25, 0.3) is 0 Å². The molecule has 2 saturated carbocycles. The fourth-order valence-electron chi connectivity index (χ4n) is 3.96. The molecule has 4 nitrogen and oxygen atoms in total. The molecule has 0 bridgehead atoms. The van der Waals surface area contributed by atoms with Crippen LogP contribution in [0.4, 0.5) is 0 Å². The first-order valence-electron chi connectivity index (χ1n) is 8.62. The Kier molecular flexibility index (Phi) is 6.07.